The van der Waals surface area contributed by atoms with E-state index in [1.54, 1.807) is 6.33 Å². The molecular formula is C21H26ClN7O2. The number of fused-ring (bicyclic) bond motifs is 1. The Hall–Kier alpha value is -2.46. The number of aromatic nitrogens is 4. The molecule has 164 valence electrons. The van der Waals surface area contributed by atoms with E-state index in [0.29, 0.717) is 28.5 Å². The fourth-order valence-corrected chi connectivity index (χ4v) is 4.17. The number of imidazole rings is 1. The highest BCUT2D eigenvalue weighted by molar-refractivity contribution is 6.33. The number of nitrogens with one attached hydrogen (secondary N) is 3. The molecule has 0 spiro atoms. The quantitative estimate of drug-likeness (QED) is 0.534. The highest BCUT2D eigenvalue weighted by atomic mass is 35.5. The molecule has 31 heavy (non-hydrogen) atoms. The number of morpholine rings is 1. The summed E-state index contributed by atoms with van der Waals surface area (Å²) in [5.41, 5.74) is 3.34. The minimum Gasteiger partial charge on any atom is -0.381 e. The van der Waals surface area contributed by atoms with Crippen molar-refractivity contribution in [3.63, 3.8) is 0 Å². The second kappa shape index (κ2) is 9.35. The average Bonchev–Trinajstić information content (AvgIpc) is 3.26. The van der Waals surface area contributed by atoms with Crippen LogP contribution in [0.4, 0.5) is 17.5 Å². The van der Waals surface area contributed by atoms with Crippen molar-refractivity contribution in [1.29, 1.82) is 0 Å². The van der Waals surface area contributed by atoms with Crippen molar-refractivity contribution in [2.24, 2.45) is 0 Å². The van der Waals surface area contributed by atoms with Gasteiger partial charge in [0.05, 0.1) is 30.3 Å². The van der Waals surface area contributed by atoms with Crippen molar-refractivity contribution < 1.29 is 9.47 Å². The van der Waals surface area contributed by atoms with Gasteiger partial charge in [0.1, 0.15) is 5.52 Å². The number of hydrogen-bond donors (Lipinski definition) is 3. The minimum atomic E-state index is 0.305. The van der Waals surface area contributed by atoms with Gasteiger partial charge in [0.2, 0.25) is 5.95 Å². The molecule has 3 N–H and O–H groups in total. The summed E-state index contributed by atoms with van der Waals surface area (Å²) in [4.78, 5) is 19.1. The molecule has 10 heteroatoms. The molecule has 2 aromatic heterocycles. The van der Waals surface area contributed by atoms with Crippen LogP contribution >= 0.6 is 11.6 Å². The summed E-state index contributed by atoms with van der Waals surface area (Å²) >= 11 is 6.58. The summed E-state index contributed by atoms with van der Waals surface area (Å²) in [7, 11) is 0. The Balaban J connectivity index is 1.33. The number of aromatic amines is 1. The summed E-state index contributed by atoms with van der Waals surface area (Å²) in [6, 6.07) is 6.36. The second-order valence-corrected chi connectivity index (χ2v) is 8.26. The summed E-state index contributed by atoms with van der Waals surface area (Å²) in [6.45, 7) is 5.82. The van der Waals surface area contributed by atoms with Crippen molar-refractivity contribution in [3.05, 3.63) is 35.1 Å². The number of rotatable bonds is 6. The number of H-pyrrole nitrogens is 1. The van der Waals surface area contributed by atoms with Crippen molar-refractivity contribution in [2.45, 2.75) is 25.4 Å². The number of nitrogens with zero attached hydrogens (tertiary/aromatic N) is 4. The SMILES string of the molecule is Clc1cc(CN2CCOCC2)ccc1Nc1nc(NC2CCOCC2)c2nc[nH]c2n1. The predicted molar refractivity (Wildman–Crippen MR) is 120 cm³/mol. The number of hydrogen-bond acceptors (Lipinski definition) is 8. The minimum absolute atomic E-state index is 0.305. The topological polar surface area (TPSA) is 100 Å². The lowest BCUT2D eigenvalue weighted by molar-refractivity contribution is 0.0342. The van der Waals surface area contributed by atoms with E-state index in [1.807, 2.05) is 12.1 Å². The van der Waals surface area contributed by atoms with Gasteiger partial charge in [-0.25, -0.2) is 4.98 Å². The van der Waals surface area contributed by atoms with Gasteiger partial charge < -0.3 is 25.1 Å². The molecular weight excluding hydrogens is 418 g/mol. The fraction of sp³-hybridized carbons (Fsp3) is 0.476. The predicted octanol–water partition coefficient (Wildman–Crippen LogP) is 3.17. The van der Waals surface area contributed by atoms with Crippen molar-refractivity contribution in [3.8, 4) is 0 Å². The maximum Gasteiger partial charge on any atom is 0.231 e. The Bertz CT molecular complexity index is 1030. The molecule has 2 aliphatic rings. The molecule has 0 atom stereocenters. The van der Waals surface area contributed by atoms with Crippen molar-refractivity contribution in [1.82, 2.24) is 24.8 Å². The van der Waals surface area contributed by atoms with Crippen LogP contribution in [0.2, 0.25) is 5.02 Å². The molecule has 0 amide bonds. The van der Waals surface area contributed by atoms with E-state index in [4.69, 9.17) is 21.1 Å². The fourth-order valence-electron chi connectivity index (χ4n) is 3.92. The molecule has 0 saturated carbocycles. The van der Waals surface area contributed by atoms with E-state index in [2.05, 4.69) is 41.5 Å². The zero-order valence-corrected chi connectivity index (χ0v) is 18.0. The highest BCUT2D eigenvalue weighted by Gasteiger charge is 2.18. The van der Waals surface area contributed by atoms with E-state index < -0.39 is 0 Å². The molecule has 5 rings (SSSR count). The van der Waals surface area contributed by atoms with Gasteiger partial charge >= 0.3 is 0 Å². The summed E-state index contributed by atoms with van der Waals surface area (Å²) in [6.07, 6.45) is 3.51. The second-order valence-electron chi connectivity index (χ2n) is 7.85. The van der Waals surface area contributed by atoms with Crippen LogP contribution in [0.1, 0.15) is 18.4 Å². The van der Waals surface area contributed by atoms with E-state index in [-0.39, 0.29) is 0 Å². The van der Waals surface area contributed by atoms with Crippen LogP contribution in [-0.2, 0) is 16.0 Å². The van der Waals surface area contributed by atoms with E-state index >= 15 is 0 Å². The third kappa shape index (κ3) is 4.90. The summed E-state index contributed by atoms with van der Waals surface area (Å²) in [5.74, 6) is 1.18. The van der Waals surface area contributed by atoms with Crippen molar-refractivity contribution >= 4 is 40.2 Å². The van der Waals surface area contributed by atoms with E-state index in [0.717, 1.165) is 70.1 Å². The highest BCUT2D eigenvalue weighted by Crippen LogP contribution is 2.28. The van der Waals surface area contributed by atoms with Gasteiger partial charge in [-0.05, 0) is 30.5 Å². The van der Waals surface area contributed by atoms with Crippen LogP contribution in [-0.4, -0.2) is 70.4 Å². The Kier molecular flexibility index (Phi) is 6.17. The molecule has 1 aromatic carbocycles. The first-order chi connectivity index (χ1) is 15.2. The van der Waals surface area contributed by atoms with Gasteiger partial charge in [-0.3, -0.25) is 4.90 Å². The van der Waals surface area contributed by atoms with Gasteiger partial charge in [-0.1, -0.05) is 17.7 Å². The number of ether oxygens (including phenoxy) is 2. The maximum absolute atomic E-state index is 6.58. The number of benzene rings is 1. The maximum atomic E-state index is 6.58. The van der Waals surface area contributed by atoms with Crippen LogP contribution in [0.15, 0.2) is 24.5 Å². The first-order valence-corrected chi connectivity index (χ1v) is 11.0. The van der Waals surface area contributed by atoms with Gasteiger partial charge in [0.25, 0.3) is 0 Å². The summed E-state index contributed by atoms with van der Waals surface area (Å²) in [5, 5.41) is 7.40. The monoisotopic (exact) mass is 443 g/mol. The van der Waals surface area contributed by atoms with Gasteiger partial charge in [0.15, 0.2) is 11.5 Å². The number of anilines is 3. The first kappa shape index (κ1) is 20.4. The Morgan fingerprint density at radius 1 is 1.10 bits per heavy atom. The van der Waals surface area contributed by atoms with E-state index in [9.17, 15) is 0 Å². The van der Waals surface area contributed by atoms with E-state index in [1.165, 1.54) is 5.56 Å². The average molecular weight is 444 g/mol. The molecule has 0 radical (unpaired) electrons. The molecule has 0 aliphatic carbocycles. The molecule has 3 aromatic rings. The van der Waals surface area contributed by atoms with Crippen LogP contribution in [0.5, 0.6) is 0 Å². The lowest BCUT2D eigenvalue weighted by Crippen LogP contribution is -2.35. The van der Waals surface area contributed by atoms with Crippen molar-refractivity contribution in [2.75, 3.05) is 50.2 Å². The standard InChI is InChI=1S/C21H26ClN7O2/c22-16-11-14(12-29-5-9-31-10-6-29)1-2-17(16)26-21-27-19-18(23-13-24-19)20(28-21)25-15-3-7-30-8-4-15/h1-2,11,13,15H,3-10,12H2,(H3,23,24,25,26,27,28). The van der Waals surface area contributed by atoms with Gasteiger partial charge in [-0.15, -0.1) is 0 Å². The Morgan fingerprint density at radius 2 is 1.90 bits per heavy atom. The number of halogens is 1. The normalized spacial score (nSPS) is 18.4. The van der Waals surface area contributed by atoms with Crippen LogP contribution in [0.3, 0.4) is 0 Å². The summed E-state index contributed by atoms with van der Waals surface area (Å²) < 4.78 is 10.9. The molecule has 2 fully saturated rings. The molecule has 9 nitrogen and oxygen atoms in total. The lowest BCUT2D eigenvalue weighted by Gasteiger charge is -2.26. The largest absolute Gasteiger partial charge is 0.381 e. The third-order valence-corrected chi connectivity index (χ3v) is 5.94. The van der Waals surface area contributed by atoms with Crippen LogP contribution in [0, 0.1) is 0 Å². The molecule has 0 bridgehead atoms. The third-order valence-electron chi connectivity index (χ3n) is 5.63. The molecule has 2 aliphatic heterocycles. The molecule has 0 unspecified atom stereocenters. The lowest BCUT2D eigenvalue weighted by atomic mass is 10.1. The Labute approximate surface area is 185 Å². The molecule has 4 heterocycles. The van der Waals surface area contributed by atoms with Gasteiger partial charge in [-0.2, -0.15) is 9.97 Å². The zero-order chi connectivity index (χ0) is 21.0. The zero-order valence-electron chi connectivity index (χ0n) is 17.2. The Morgan fingerprint density at radius 3 is 2.71 bits per heavy atom. The first-order valence-electron chi connectivity index (χ1n) is 10.7. The van der Waals surface area contributed by atoms with Crippen LogP contribution in [0.25, 0.3) is 11.2 Å². The molecule has 2 saturated heterocycles. The smallest absolute Gasteiger partial charge is 0.231 e. The van der Waals surface area contributed by atoms with Gasteiger partial charge in [0, 0.05) is 38.9 Å². The van der Waals surface area contributed by atoms with Crippen LogP contribution < -0.4 is 10.6 Å².